The number of carbonyl (C=O) groups is 1. The van der Waals surface area contributed by atoms with Crippen molar-refractivity contribution in [1.29, 1.82) is 0 Å². The molecule has 0 radical (unpaired) electrons. The van der Waals surface area contributed by atoms with Gasteiger partial charge in [-0.2, -0.15) is 0 Å². The lowest BCUT2D eigenvalue weighted by atomic mass is 10.2. The predicted octanol–water partition coefficient (Wildman–Crippen LogP) is 0.478. The van der Waals surface area contributed by atoms with E-state index in [-0.39, 0.29) is 11.9 Å². The molecule has 1 aromatic heterocycles. The highest BCUT2D eigenvalue weighted by Crippen LogP contribution is 1.97. The van der Waals surface area contributed by atoms with E-state index in [0.29, 0.717) is 19.4 Å². The molecule has 0 spiro atoms. The van der Waals surface area contributed by atoms with Crippen LogP contribution >= 0.6 is 0 Å². The van der Waals surface area contributed by atoms with E-state index in [4.69, 9.17) is 5.73 Å². The van der Waals surface area contributed by atoms with Gasteiger partial charge < -0.3 is 11.1 Å². The molecule has 4 heteroatoms. The first-order valence-corrected chi connectivity index (χ1v) is 5.10. The van der Waals surface area contributed by atoms with Gasteiger partial charge in [0.1, 0.15) is 0 Å². The smallest absolute Gasteiger partial charge is 0.220 e. The second-order valence-electron chi connectivity index (χ2n) is 3.60. The van der Waals surface area contributed by atoms with Gasteiger partial charge in [0.25, 0.3) is 0 Å². The Morgan fingerprint density at radius 3 is 3.00 bits per heavy atom. The van der Waals surface area contributed by atoms with Crippen molar-refractivity contribution >= 4 is 5.91 Å². The summed E-state index contributed by atoms with van der Waals surface area (Å²) in [4.78, 5) is 15.5. The summed E-state index contributed by atoms with van der Waals surface area (Å²) in [6.45, 7) is 2.39. The second-order valence-corrected chi connectivity index (χ2v) is 3.60. The number of nitrogens with zero attached hydrogens (tertiary/aromatic N) is 1. The average Bonchev–Trinajstić information content (AvgIpc) is 2.25. The van der Waals surface area contributed by atoms with E-state index in [1.165, 1.54) is 0 Å². The maximum Gasteiger partial charge on any atom is 0.220 e. The van der Waals surface area contributed by atoms with Crippen LogP contribution in [0.25, 0.3) is 0 Å². The summed E-state index contributed by atoms with van der Waals surface area (Å²) in [6.07, 6.45) is 2.87. The first-order chi connectivity index (χ1) is 7.18. The van der Waals surface area contributed by atoms with Crippen LogP contribution < -0.4 is 11.1 Å². The molecule has 1 rings (SSSR count). The molecule has 4 nitrogen and oxygen atoms in total. The van der Waals surface area contributed by atoms with Gasteiger partial charge in [0, 0.05) is 30.9 Å². The first kappa shape index (κ1) is 11.7. The van der Waals surface area contributed by atoms with Gasteiger partial charge in [-0.1, -0.05) is 6.07 Å². The Morgan fingerprint density at radius 1 is 1.60 bits per heavy atom. The van der Waals surface area contributed by atoms with Crippen molar-refractivity contribution in [2.45, 2.75) is 25.8 Å². The number of carbonyl (C=O) groups excluding carboxylic acids is 1. The number of rotatable bonds is 5. The van der Waals surface area contributed by atoms with Crippen molar-refractivity contribution in [3.05, 3.63) is 30.1 Å². The number of pyridine rings is 1. The Bertz CT molecular complexity index is 298. The molecule has 3 N–H and O–H groups in total. The summed E-state index contributed by atoms with van der Waals surface area (Å²) in [5.74, 6) is 0.0259. The van der Waals surface area contributed by atoms with Gasteiger partial charge in [-0.05, 0) is 25.5 Å². The number of aromatic nitrogens is 1. The summed E-state index contributed by atoms with van der Waals surface area (Å²) in [5, 5.41) is 2.76. The van der Waals surface area contributed by atoms with Crippen molar-refractivity contribution in [2.24, 2.45) is 5.73 Å². The van der Waals surface area contributed by atoms with Crippen LogP contribution in [-0.2, 0) is 11.2 Å². The molecule has 0 aromatic carbocycles. The quantitative estimate of drug-likeness (QED) is 0.737. The zero-order chi connectivity index (χ0) is 11.1. The van der Waals surface area contributed by atoms with Gasteiger partial charge in [-0.15, -0.1) is 0 Å². The number of nitrogens with two attached hydrogens (primary N) is 1. The molecule has 1 atom stereocenters. The third-order valence-electron chi connectivity index (χ3n) is 1.96. The Kier molecular flexibility index (Phi) is 4.77. The van der Waals surface area contributed by atoms with E-state index >= 15 is 0 Å². The largest absolute Gasteiger partial charge is 0.355 e. The molecule has 0 fully saturated rings. The lowest BCUT2D eigenvalue weighted by Crippen LogP contribution is -2.35. The summed E-state index contributed by atoms with van der Waals surface area (Å²) >= 11 is 0. The Hall–Kier alpha value is -1.42. The van der Waals surface area contributed by atoms with E-state index in [1.807, 2.05) is 25.1 Å². The molecule has 0 saturated heterocycles. The Labute approximate surface area is 89.9 Å². The van der Waals surface area contributed by atoms with Crippen LogP contribution in [0.15, 0.2) is 24.4 Å². The van der Waals surface area contributed by atoms with E-state index in [1.54, 1.807) is 6.20 Å². The number of nitrogens with one attached hydrogen (secondary N) is 1. The fraction of sp³-hybridized carbons (Fsp3) is 0.455. The minimum Gasteiger partial charge on any atom is -0.355 e. The highest BCUT2D eigenvalue weighted by molar-refractivity contribution is 5.76. The Balaban J connectivity index is 2.23. The highest BCUT2D eigenvalue weighted by Gasteiger charge is 2.03. The molecule has 0 aliphatic carbocycles. The molecule has 1 aromatic rings. The minimum atomic E-state index is 0.00352. The number of amides is 1. The third-order valence-corrected chi connectivity index (χ3v) is 1.96. The van der Waals surface area contributed by atoms with Crippen molar-refractivity contribution in [3.63, 3.8) is 0 Å². The van der Waals surface area contributed by atoms with Crippen LogP contribution in [0.1, 0.15) is 19.0 Å². The number of hydrogen-bond acceptors (Lipinski definition) is 3. The monoisotopic (exact) mass is 207 g/mol. The topological polar surface area (TPSA) is 68.0 Å². The molecular formula is C11H17N3O. The van der Waals surface area contributed by atoms with Crippen LogP contribution in [0.2, 0.25) is 0 Å². The second kappa shape index (κ2) is 6.14. The molecule has 1 unspecified atom stereocenters. The summed E-state index contributed by atoms with van der Waals surface area (Å²) < 4.78 is 0. The van der Waals surface area contributed by atoms with Crippen molar-refractivity contribution < 1.29 is 4.79 Å². The Morgan fingerprint density at radius 2 is 2.40 bits per heavy atom. The van der Waals surface area contributed by atoms with E-state index in [0.717, 1.165) is 5.69 Å². The van der Waals surface area contributed by atoms with Crippen molar-refractivity contribution in [1.82, 2.24) is 10.3 Å². The third kappa shape index (κ3) is 5.12. The molecule has 82 valence electrons. The lowest BCUT2D eigenvalue weighted by Gasteiger charge is -2.07. The molecule has 1 amide bonds. The normalized spacial score (nSPS) is 12.1. The van der Waals surface area contributed by atoms with Gasteiger partial charge in [0.2, 0.25) is 5.91 Å². The zero-order valence-corrected chi connectivity index (χ0v) is 8.94. The summed E-state index contributed by atoms with van der Waals surface area (Å²) in [6, 6.07) is 5.70. The number of aryl methyl sites for hydroxylation is 1. The van der Waals surface area contributed by atoms with E-state index in [2.05, 4.69) is 10.3 Å². The molecule has 0 saturated carbocycles. The number of hydrogen-bond donors (Lipinski definition) is 2. The van der Waals surface area contributed by atoms with Crippen LogP contribution in [0.5, 0.6) is 0 Å². The molecule has 0 aliphatic rings. The molecule has 0 bridgehead atoms. The van der Waals surface area contributed by atoms with Gasteiger partial charge in [-0.3, -0.25) is 9.78 Å². The van der Waals surface area contributed by atoms with Crippen LogP contribution in [0.3, 0.4) is 0 Å². The first-order valence-electron chi connectivity index (χ1n) is 5.10. The minimum absolute atomic E-state index is 0.00352. The zero-order valence-electron chi connectivity index (χ0n) is 8.94. The highest BCUT2D eigenvalue weighted by atomic mass is 16.1. The molecule has 15 heavy (non-hydrogen) atoms. The average molecular weight is 207 g/mol. The fourth-order valence-corrected chi connectivity index (χ4v) is 1.15. The molecule has 1 heterocycles. The molecule has 0 aliphatic heterocycles. The van der Waals surface area contributed by atoms with Crippen LogP contribution in [0.4, 0.5) is 0 Å². The van der Waals surface area contributed by atoms with Gasteiger partial charge in [-0.25, -0.2) is 0 Å². The van der Waals surface area contributed by atoms with Gasteiger partial charge in [0.15, 0.2) is 0 Å². The van der Waals surface area contributed by atoms with Crippen LogP contribution in [-0.4, -0.2) is 23.5 Å². The van der Waals surface area contributed by atoms with E-state index in [9.17, 15) is 4.79 Å². The van der Waals surface area contributed by atoms with Crippen molar-refractivity contribution in [2.75, 3.05) is 6.54 Å². The predicted molar refractivity (Wildman–Crippen MR) is 59.2 cm³/mol. The van der Waals surface area contributed by atoms with Crippen LogP contribution in [0, 0.1) is 0 Å². The maximum absolute atomic E-state index is 11.3. The summed E-state index contributed by atoms with van der Waals surface area (Å²) in [5.41, 5.74) is 6.46. The van der Waals surface area contributed by atoms with Gasteiger partial charge in [0.05, 0.1) is 0 Å². The van der Waals surface area contributed by atoms with Gasteiger partial charge >= 0.3 is 0 Å². The lowest BCUT2D eigenvalue weighted by molar-refractivity contribution is -0.121. The summed E-state index contributed by atoms with van der Waals surface area (Å²) in [7, 11) is 0. The molecular weight excluding hydrogens is 190 g/mol. The SMILES string of the molecule is CC(N)CNC(=O)CCc1ccccn1. The fourth-order valence-electron chi connectivity index (χ4n) is 1.15. The van der Waals surface area contributed by atoms with E-state index < -0.39 is 0 Å². The van der Waals surface area contributed by atoms with Crippen molar-refractivity contribution in [3.8, 4) is 0 Å². The maximum atomic E-state index is 11.3. The standard InChI is InChI=1S/C11H17N3O/c1-9(12)8-14-11(15)6-5-10-4-2-3-7-13-10/h2-4,7,9H,5-6,8,12H2,1H3,(H,14,15).